The highest BCUT2D eigenvalue weighted by Gasteiger charge is 2.28. The molecule has 17 heavy (non-hydrogen) atoms. The van der Waals surface area contributed by atoms with Crippen molar-refractivity contribution in [2.24, 2.45) is 11.7 Å². The van der Waals surface area contributed by atoms with E-state index in [1.54, 1.807) is 0 Å². The fourth-order valence-corrected chi connectivity index (χ4v) is 1.24. The minimum atomic E-state index is -4.27. The highest BCUT2D eigenvalue weighted by Crippen LogP contribution is 2.21. The zero-order chi connectivity index (χ0) is 13.6. The molecule has 1 atom stereocenters. The van der Waals surface area contributed by atoms with Crippen LogP contribution in [0.25, 0.3) is 0 Å². The van der Waals surface area contributed by atoms with E-state index in [1.165, 1.54) is 11.9 Å². The van der Waals surface area contributed by atoms with Crippen LogP contribution in [0.3, 0.4) is 0 Å². The second kappa shape index (κ2) is 6.83. The molecule has 0 aliphatic carbocycles. The maximum absolute atomic E-state index is 11.9. The van der Waals surface area contributed by atoms with Crippen LogP contribution in [0.15, 0.2) is 0 Å². The van der Waals surface area contributed by atoms with Crippen molar-refractivity contribution in [1.82, 2.24) is 4.90 Å². The smallest absolute Gasteiger partial charge is 0.346 e. The van der Waals surface area contributed by atoms with E-state index < -0.39 is 24.9 Å². The Kier molecular flexibility index (Phi) is 6.52. The maximum Gasteiger partial charge on any atom is 0.389 e. The molecule has 0 aromatic rings. The van der Waals surface area contributed by atoms with Crippen molar-refractivity contribution in [2.75, 3.05) is 13.6 Å². The summed E-state index contributed by atoms with van der Waals surface area (Å²) >= 11 is 0. The average Bonchev–Trinajstić information content (AvgIpc) is 2.20. The first-order valence-electron chi connectivity index (χ1n) is 5.69. The molecule has 0 saturated heterocycles. The third-order valence-electron chi connectivity index (χ3n) is 2.70. The minimum Gasteiger partial charge on any atom is -0.346 e. The van der Waals surface area contributed by atoms with Crippen molar-refractivity contribution >= 4 is 5.91 Å². The first kappa shape index (κ1) is 16.2. The molecule has 0 rings (SSSR count). The Morgan fingerprint density at radius 2 is 1.88 bits per heavy atom. The van der Waals surface area contributed by atoms with Gasteiger partial charge in [0.1, 0.15) is 0 Å². The van der Waals surface area contributed by atoms with E-state index in [0.717, 1.165) is 0 Å². The van der Waals surface area contributed by atoms with Crippen molar-refractivity contribution < 1.29 is 18.0 Å². The Morgan fingerprint density at radius 3 is 2.29 bits per heavy atom. The molecule has 0 aliphatic heterocycles. The predicted molar refractivity (Wildman–Crippen MR) is 60.4 cm³/mol. The number of hydrogen-bond donors (Lipinski definition) is 1. The molecule has 0 bridgehead atoms. The highest BCUT2D eigenvalue weighted by atomic mass is 19.4. The summed E-state index contributed by atoms with van der Waals surface area (Å²) in [4.78, 5) is 12.7. The number of amides is 1. The van der Waals surface area contributed by atoms with Crippen LogP contribution in [0.1, 0.15) is 33.1 Å². The van der Waals surface area contributed by atoms with Crippen LogP contribution in [-0.4, -0.2) is 36.6 Å². The van der Waals surface area contributed by atoms with Crippen LogP contribution in [0, 0.1) is 5.92 Å². The topological polar surface area (TPSA) is 46.3 Å². The Balaban J connectivity index is 3.90. The second-order valence-electron chi connectivity index (χ2n) is 4.63. The number of hydrogen-bond acceptors (Lipinski definition) is 2. The first-order valence-corrected chi connectivity index (χ1v) is 5.69. The molecule has 102 valence electrons. The van der Waals surface area contributed by atoms with Crippen LogP contribution in [0.4, 0.5) is 13.2 Å². The Labute approximate surface area is 100 Å². The lowest BCUT2D eigenvalue weighted by Crippen LogP contribution is -2.35. The van der Waals surface area contributed by atoms with E-state index >= 15 is 0 Å². The van der Waals surface area contributed by atoms with E-state index in [0.29, 0.717) is 18.9 Å². The Hall–Kier alpha value is -0.780. The molecule has 1 amide bonds. The van der Waals surface area contributed by atoms with Gasteiger partial charge in [-0.2, -0.15) is 13.2 Å². The molecule has 0 aromatic heterocycles. The van der Waals surface area contributed by atoms with Gasteiger partial charge in [0.05, 0.1) is 6.42 Å². The summed E-state index contributed by atoms with van der Waals surface area (Å²) in [7, 11) is 1.51. The first-order chi connectivity index (χ1) is 7.63. The molecule has 0 fully saturated rings. The van der Waals surface area contributed by atoms with E-state index in [-0.39, 0.29) is 6.04 Å². The van der Waals surface area contributed by atoms with Gasteiger partial charge in [0.15, 0.2) is 0 Å². The molecule has 0 aromatic carbocycles. The van der Waals surface area contributed by atoms with Gasteiger partial charge >= 0.3 is 6.18 Å². The van der Waals surface area contributed by atoms with Crippen molar-refractivity contribution in [2.45, 2.75) is 45.3 Å². The van der Waals surface area contributed by atoms with Crippen LogP contribution in [0.2, 0.25) is 0 Å². The van der Waals surface area contributed by atoms with E-state index in [4.69, 9.17) is 5.73 Å². The molecule has 0 heterocycles. The summed E-state index contributed by atoms with van der Waals surface area (Å²) in [6.45, 7) is 4.34. The molecule has 0 spiro atoms. The van der Waals surface area contributed by atoms with E-state index in [2.05, 4.69) is 0 Å². The SMILES string of the molecule is CC(C)C(N)CCN(C)C(=O)CCC(F)(F)F. The minimum absolute atomic E-state index is 0.0344. The monoisotopic (exact) mass is 254 g/mol. The van der Waals surface area contributed by atoms with Crippen LogP contribution >= 0.6 is 0 Å². The number of halogens is 3. The molecular formula is C11H21F3N2O. The lowest BCUT2D eigenvalue weighted by molar-refractivity contribution is -0.148. The molecule has 3 nitrogen and oxygen atoms in total. The summed E-state index contributed by atoms with van der Waals surface area (Å²) in [5.74, 6) is -0.188. The second-order valence-corrected chi connectivity index (χ2v) is 4.63. The highest BCUT2D eigenvalue weighted by molar-refractivity contribution is 5.75. The van der Waals surface area contributed by atoms with Gasteiger partial charge in [-0.25, -0.2) is 0 Å². The van der Waals surface area contributed by atoms with Crippen molar-refractivity contribution in [1.29, 1.82) is 0 Å². The van der Waals surface area contributed by atoms with Gasteiger partial charge in [0.25, 0.3) is 0 Å². The molecule has 6 heteroatoms. The molecular weight excluding hydrogens is 233 g/mol. The number of carbonyl (C=O) groups is 1. The van der Waals surface area contributed by atoms with E-state index in [1.807, 2.05) is 13.8 Å². The van der Waals surface area contributed by atoms with Gasteiger partial charge < -0.3 is 10.6 Å². The molecule has 0 saturated carbocycles. The summed E-state index contributed by atoms with van der Waals surface area (Å²) in [6, 6.07) is -0.0344. The van der Waals surface area contributed by atoms with Gasteiger partial charge in [-0.3, -0.25) is 4.79 Å². The van der Waals surface area contributed by atoms with E-state index in [9.17, 15) is 18.0 Å². The summed E-state index contributed by atoms with van der Waals surface area (Å²) in [5, 5.41) is 0. The third kappa shape index (κ3) is 8.01. The molecule has 0 aliphatic rings. The third-order valence-corrected chi connectivity index (χ3v) is 2.70. The van der Waals surface area contributed by atoms with Crippen molar-refractivity contribution in [3.05, 3.63) is 0 Å². The summed E-state index contributed by atoms with van der Waals surface area (Å²) in [5.41, 5.74) is 5.79. The largest absolute Gasteiger partial charge is 0.389 e. The van der Waals surface area contributed by atoms with Gasteiger partial charge in [0.2, 0.25) is 5.91 Å². The molecule has 0 radical (unpaired) electrons. The van der Waals surface area contributed by atoms with Crippen molar-refractivity contribution in [3.8, 4) is 0 Å². The fraction of sp³-hybridized carbons (Fsp3) is 0.909. The zero-order valence-corrected chi connectivity index (χ0v) is 10.5. The van der Waals surface area contributed by atoms with Gasteiger partial charge in [0, 0.05) is 26.1 Å². The normalized spacial score (nSPS) is 13.9. The zero-order valence-electron chi connectivity index (χ0n) is 10.5. The van der Waals surface area contributed by atoms with Crippen LogP contribution < -0.4 is 5.73 Å². The fourth-order valence-electron chi connectivity index (χ4n) is 1.24. The number of nitrogens with two attached hydrogens (primary N) is 1. The molecule has 1 unspecified atom stereocenters. The molecule has 2 N–H and O–H groups in total. The van der Waals surface area contributed by atoms with Crippen LogP contribution in [-0.2, 0) is 4.79 Å². The lowest BCUT2D eigenvalue weighted by atomic mass is 10.0. The number of rotatable bonds is 6. The van der Waals surface area contributed by atoms with Gasteiger partial charge in [-0.05, 0) is 12.3 Å². The Morgan fingerprint density at radius 1 is 1.35 bits per heavy atom. The quantitative estimate of drug-likeness (QED) is 0.789. The van der Waals surface area contributed by atoms with Crippen LogP contribution in [0.5, 0.6) is 0 Å². The predicted octanol–water partition coefficient (Wildman–Crippen LogP) is 2.16. The lowest BCUT2D eigenvalue weighted by Gasteiger charge is -2.21. The Bertz CT molecular complexity index is 241. The van der Waals surface area contributed by atoms with Gasteiger partial charge in [-0.1, -0.05) is 13.8 Å². The van der Waals surface area contributed by atoms with Gasteiger partial charge in [-0.15, -0.1) is 0 Å². The average molecular weight is 254 g/mol. The maximum atomic E-state index is 11.9. The number of carbonyl (C=O) groups excluding carboxylic acids is 1. The standard InChI is InChI=1S/C11H21F3N2O/c1-8(2)9(15)5-7-16(3)10(17)4-6-11(12,13)14/h8-9H,4-7,15H2,1-3H3. The van der Waals surface area contributed by atoms with Crippen molar-refractivity contribution in [3.63, 3.8) is 0 Å². The summed E-state index contributed by atoms with van der Waals surface area (Å²) < 4.78 is 35.7. The number of nitrogens with zero attached hydrogens (tertiary/aromatic N) is 1. The summed E-state index contributed by atoms with van der Waals surface area (Å²) in [6.07, 6.45) is -5.22. The number of alkyl halides is 3.